The number of β-lactam (4-membered cyclic amide) rings is 1. The Labute approximate surface area is 402 Å². The summed E-state index contributed by atoms with van der Waals surface area (Å²) in [6.45, 7) is 23.5. The Bertz CT molecular complexity index is 2550. The van der Waals surface area contributed by atoms with E-state index in [2.05, 4.69) is 108 Å². The van der Waals surface area contributed by atoms with Crippen LogP contribution in [0.3, 0.4) is 0 Å². The maximum atomic E-state index is 14.1. The molecule has 354 valence electrons. The number of carbonyl (C=O) groups is 4. The van der Waals surface area contributed by atoms with Crippen LogP contribution in [-0.4, -0.2) is 110 Å². The second-order valence-electron chi connectivity index (χ2n) is 20.6. The van der Waals surface area contributed by atoms with Crippen molar-refractivity contribution in [3.05, 3.63) is 122 Å². The van der Waals surface area contributed by atoms with Crippen LogP contribution in [0.25, 0.3) is 0 Å². The number of fused-ring (bicyclic) bond motifs is 1. The average molecular weight is 982 g/mol. The Hall–Kier alpha value is -4.99. The number of benzene rings is 3. The van der Waals surface area contributed by atoms with Crippen molar-refractivity contribution >= 4 is 84.7 Å². The highest BCUT2D eigenvalue weighted by atomic mass is 32.2. The lowest BCUT2D eigenvalue weighted by atomic mass is 9.79. The van der Waals surface area contributed by atoms with E-state index in [9.17, 15) is 29.3 Å². The molecule has 5 heterocycles. The number of non-ortho nitro benzene ring substituents is 1. The first kappa shape index (κ1) is 48.5. The summed E-state index contributed by atoms with van der Waals surface area (Å²) in [6, 6.07) is 25.4. The molecular formula is C49H59N5O9S2Si2. The highest BCUT2D eigenvalue weighted by Gasteiger charge is 2.62. The maximum absolute atomic E-state index is 14.1. The number of anilines is 1. The molecule has 4 aliphatic rings. The Kier molecular flexibility index (Phi) is 13.1. The van der Waals surface area contributed by atoms with Crippen molar-refractivity contribution in [1.82, 2.24) is 14.8 Å². The number of nitro groups is 1. The average Bonchev–Trinajstić information content (AvgIpc) is 3.82. The minimum atomic E-state index is -2.77. The van der Waals surface area contributed by atoms with Gasteiger partial charge in [-0.1, -0.05) is 109 Å². The van der Waals surface area contributed by atoms with E-state index >= 15 is 0 Å². The summed E-state index contributed by atoms with van der Waals surface area (Å²) in [5.41, 5.74) is 0.193. The van der Waals surface area contributed by atoms with E-state index in [1.807, 2.05) is 26.0 Å². The Morgan fingerprint density at radius 3 is 1.99 bits per heavy atom. The SMILES string of the molecule is C[C@H](O[Si](C)(C)C(C)(C)C)[C@H]1C(=O)N2C(C(=O)OC(=O)c3ccc([N+](=O)[O-])cc3)=C(SC3CN(c4nc(C(=O)N5CC(O[Si](c6ccccc6)(c6ccccc6)C(C)(C)C)C5)cs4)C3)[C@H](C)[C@H]12. The predicted octanol–water partition coefficient (Wildman–Crippen LogP) is 7.86. The van der Waals surface area contributed by atoms with Gasteiger partial charge in [0.1, 0.15) is 11.4 Å². The second kappa shape index (κ2) is 18.2. The molecule has 8 rings (SSSR count). The van der Waals surface area contributed by atoms with E-state index < -0.39 is 45.5 Å². The topological polar surface area (TPSA) is 162 Å². The van der Waals surface area contributed by atoms with Crippen LogP contribution < -0.4 is 15.3 Å². The zero-order valence-electron chi connectivity index (χ0n) is 39.7. The monoisotopic (exact) mass is 981 g/mol. The number of thioether (sulfide) groups is 1. The lowest BCUT2D eigenvalue weighted by molar-refractivity contribution is -0.384. The summed E-state index contributed by atoms with van der Waals surface area (Å²) in [5, 5.41) is 15.9. The van der Waals surface area contributed by atoms with E-state index in [0.717, 1.165) is 5.13 Å². The van der Waals surface area contributed by atoms with Gasteiger partial charge in [-0.05, 0) is 52.6 Å². The van der Waals surface area contributed by atoms with Gasteiger partial charge in [0.2, 0.25) is 5.91 Å². The van der Waals surface area contributed by atoms with Crippen molar-refractivity contribution in [3.8, 4) is 0 Å². The number of hydrogen-bond acceptors (Lipinski definition) is 13. The molecule has 4 aromatic rings. The van der Waals surface area contributed by atoms with Crippen LogP contribution in [0.4, 0.5) is 10.8 Å². The molecule has 18 heteroatoms. The molecule has 4 aliphatic heterocycles. The molecular weight excluding hydrogens is 923 g/mol. The van der Waals surface area contributed by atoms with Gasteiger partial charge in [-0.3, -0.25) is 19.7 Å². The third-order valence-electron chi connectivity index (χ3n) is 14.1. The third-order valence-corrected chi connectivity index (χ3v) is 26.1. The zero-order valence-corrected chi connectivity index (χ0v) is 43.3. The molecule has 4 atom stereocenters. The van der Waals surface area contributed by atoms with Gasteiger partial charge in [-0.25, -0.2) is 14.6 Å². The minimum absolute atomic E-state index is 0.0107. The van der Waals surface area contributed by atoms with E-state index in [0.29, 0.717) is 36.8 Å². The summed E-state index contributed by atoms with van der Waals surface area (Å²) in [7, 11) is -5.03. The molecule has 0 spiro atoms. The zero-order chi connectivity index (χ0) is 48.4. The molecule has 14 nitrogen and oxygen atoms in total. The molecule has 0 unspecified atom stereocenters. The fourth-order valence-corrected chi connectivity index (χ4v) is 17.8. The number of carbonyl (C=O) groups excluding carboxylic acids is 4. The quantitative estimate of drug-likeness (QED) is 0.0301. The molecule has 0 N–H and O–H groups in total. The lowest BCUT2D eigenvalue weighted by Crippen LogP contribution is -2.71. The molecule has 0 bridgehead atoms. The number of likely N-dealkylation sites (tertiary alicyclic amines) is 1. The van der Waals surface area contributed by atoms with Gasteiger partial charge in [0.25, 0.3) is 19.9 Å². The van der Waals surface area contributed by atoms with Crippen LogP contribution in [0, 0.1) is 22.0 Å². The van der Waals surface area contributed by atoms with Crippen molar-refractivity contribution in [1.29, 1.82) is 0 Å². The van der Waals surface area contributed by atoms with Gasteiger partial charge in [-0.15, -0.1) is 23.1 Å². The summed E-state index contributed by atoms with van der Waals surface area (Å²) in [4.78, 5) is 76.5. The smallest absolute Gasteiger partial charge is 0.363 e. The van der Waals surface area contributed by atoms with E-state index in [1.54, 1.807) is 10.3 Å². The highest BCUT2D eigenvalue weighted by Crippen LogP contribution is 2.53. The first-order chi connectivity index (χ1) is 31.5. The standard InChI is InChI=1S/C49H59N5O9S2Si2/c1-30-40-39(31(2)62-66(9,10)48(3,4)5)44(56)53(40)41(46(58)61-45(57)32-21-23-33(24-22-32)54(59)60)42(30)65-35-27-52(28-35)47-50-38(29-64-47)43(55)51-25-34(26-51)63-67(49(6,7)8,36-17-13-11-14-18-36)37-19-15-12-16-20-37/h11-24,29-31,34-35,39-40H,25-28H2,1-10H3/t30-,31+,39-,40-/m1/s1. The number of amides is 2. The molecule has 0 aliphatic carbocycles. The van der Waals surface area contributed by atoms with Crippen LogP contribution in [0.5, 0.6) is 0 Å². The Balaban J connectivity index is 0.939. The largest absolute Gasteiger partial charge is 0.413 e. The number of rotatable bonds is 14. The van der Waals surface area contributed by atoms with Crippen molar-refractivity contribution < 1.29 is 37.7 Å². The number of thiazole rings is 1. The summed E-state index contributed by atoms with van der Waals surface area (Å²) < 4.78 is 19.3. The van der Waals surface area contributed by atoms with Crippen molar-refractivity contribution in [3.63, 3.8) is 0 Å². The van der Waals surface area contributed by atoms with Crippen LogP contribution in [-0.2, 0) is 23.2 Å². The third kappa shape index (κ3) is 8.96. The van der Waals surface area contributed by atoms with Gasteiger partial charge in [0, 0.05) is 59.8 Å². The Morgan fingerprint density at radius 1 is 0.866 bits per heavy atom. The summed E-state index contributed by atoms with van der Waals surface area (Å²) in [5.74, 6) is -3.07. The molecule has 67 heavy (non-hydrogen) atoms. The Morgan fingerprint density at radius 2 is 1.45 bits per heavy atom. The molecule has 0 saturated carbocycles. The molecule has 3 fully saturated rings. The molecule has 3 aromatic carbocycles. The van der Waals surface area contributed by atoms with E-state index in [-0.39, 0.29) is 62.2 Å². The summed E-state index contributed by atoms with van der Waals surface area (Å²) >= 11 is 2.91. The maximum Gasteiger partial charge on any atom is 0.363 e. The van der Waals surface area contributed by atoms with E-state index in [1.165, 1.54) is 62.6 Å². The lowest BCUT2D eigenvalue weighted by Gasteiger charge is -2.50. The van der Waals surface area contributed by atoms with Crippen LogP contribution in [0.2, 0.25) is 23.2 Å². The van der Waals surface area contributed by atoms with Crippen molar-refractivity contribution in [2.45, 2.75) is 102 Å². The number of hydrogen-bond donors (Lipinski definition) is 0. The molecule has 2 amide bonds. The molecule has 3 saturated heterocycles. The number of nitro benzene ring substituents is 1. The van der Waals surface area contributed by atoms with Crippen molar-refractivity contribution in [2.75, 3.05) is 31.1 Å². The van der Waals surface area contributed by atoms with Crippen LogP contribution >= 0.6 is 23.1 Å². The van der Waals surface area contributed by atoms with Crippen LogP contribution in [0.1, 0.15) is 76.2 Å². The normalized spacial score (nSPS) is 20.8. The van der Waals surface area contributed by atoms with Crippen LogP contribution in [0.15, 0.2) is 101 Å². The number of ether oxygens (including phenoxy) is 1. The summed E-state index contributed by atoms with van der Waals surface area (Å²) in [6.07, 6.45) is -0.528. The number of esters is 2. The van der Waals surface area contributed by atoms with E-state index in [4.69, 9.17) is 18.6 Å². The number of aromatic nitrogens is 1. The highest BCUT2D eigenvalue weighted by molar-refractivity contribution is 8.03. The van der Waals surface area contributed by atoms with Gasteiger partial charge in [-0.2, -0.15) is 0 Å². The fraction of sp³-hybridized carbons (Fsp3) is 0.449. The second-order valence-corrected chi connectivity index (χ2v) is 31.8. The fourth-order valence-electron chi connectivity index (χ4n) is 9.42. The van der Waals surface area contributed by atoms with Crippen molar-refractivity contribution in [2.24, 2.45) is 11.8 Å². The molecule has 0 radical (unpaired) electrons. The number of nitrogens with zero attached hydrogens (tertiary/aromatic N) is 5. The van der Waals surface area contributed by atoms with Gasteiger partial charge in [0.05, 0.1) is 34.7 Å². The minimum Gasteiger partial charge on any atom is -0.413 e. The van der Waals surface area contributed by atoms with Gasteiger partial charge >= 0.3 is 11.9 Å². The van der Waals surface area contributed by atoms with Gasteiger partial charge in [0.15, 0.2) is 13.4 Å². The molecule has 1 aromatic heterocycles. The first-order valence-electron chi connectivity index (χ1n) is 22.7. The predicted molar refractivity (Wildman–Crippen MR) is 266 cm³/mol. The first-order valence-corrected chi connectivity index (χ1v) is 29.3. The van der Waals surface area contributed by atoms with Gasteiger partial charge < -0.3 is 28.3 Å².